The lowest BCUT2D eigenvalue weighted by Crippen LogP contribution is -2.31. The minimum Gasteiger partial charge on any atom is -0.468 e. The van der Waals surface area contributed by atoms with Crippen molar-refractivity contribution in [3.05, 3.63) is 16.1 Å². The number of carbonyl (C=O) groups is 1. The molecule has 0 spiro atoms. The van der Waals surface area contributed by atoms with Crippen molar-refractivity contribution in [2.45, 2.75) is 6.92 Å². The van der Waals surface area contributed by atoms with Crippen molar-refractivity contribution in [3.63, 3.8) is 0 Å². The quantitative estimate of drug-likeness (QED) is 0.614. The van der Waals surface area contributed by atoms with Gasteiger partial charge in [-0.1, -0.05) is 0 Å². The SMILES string of the molecule is CCN(CC(=O)OC)c1ncncc1I. The van der Waals surface area contributed by atoms with Crippen LogP contribution in [-0.4, -0.2) is 36.1 Å². The van der Waals surface area contributed by atoms with Gasteiger partial charge in [-0.3, -0.25) is 4.79 Å². The van der Waals surface area contributed by atoms with Crippen LogP contribution in [0.3, 0.4) is 0 Å². The molecule has 6 heteroatoms. The molecule has 0 saturated heterocycles. The molecule has 0 aromatic carbocycles. The van der Waals surface area contributed by atoms with Crippen LogP contribution in [0.25, 0.3) is 0 Å². The molecule has 0 aliphatic heterocycles. The molecule has 0 atom stereocenters. The second kappa shape index (κ2) is 5.84. The van der Waals surface area contributed by atoms with Gasteiger partial charge in [-0.05, 0) is 29.5 Å². The number of ether oxygens (including phenoxy) is 1. The molecule has 82 valence electrons. The van der Waals surface area contributed by atoms with E-state index >= 15 is 0 Å². The maximum Gasteiger partial charge on any atom is 0.325 e. The second-order valence-electron chi connectivity index (χ2n) is 2.78. The van der Waals surface area contributed by atoms with Gasteiger partial charge < -0.3 is 9.64 Å². The fourth-order valence-electron chi connectivity index (χ4n) is 1.10. The summed E-state index contributed by atoms with van der Waals surface area (Å²) in [5.41, 5.74) is 0. The van der Waals surface area contributed by atoms with Crippen molar-refractivity contribution in [1.82, 2.24) is 9.97 Å². The summed E-state index contributed by atoms with van der Waals surface area (Å²) < 4.78 is 5.53. The molecule has 0 radical (unpaired) electrons. The summed E-state index contributed by atoms with van der Waals surface area (Å²) in [6.45, 7) is 2.86. The van der Waals surface area contributed by atoms with Crippen LogP contribution in [-0.2, 0) is 9.53 Å². The third-order valence-corrected chi connectivity index (χ3v) is 2.64. The van der Waals surface area contributed by atoms with Gasteiger partial charge in [0.2, 0.25) is 0 Å². The third kappa shape index (κ3) is 3.29. The van der Waals surface area contributed by atoms with Gasteiger partial charge in [0, 0.05) is 12.7 Å². The zero-order valence-corrected chi connectivity index (χ0v) is 10.8. The van der Waals surface area contributed by atoms with Crippen LogP contribution in [0.5, 0.6) is 0 Å². The second-order valence-corrected chi connectivity index (χ2v) is 3.95. The summed E-state index contributed by atoms with van der Waals surface area (Å²) >= 11 is 2.14. The number of anilines is 1. The molecule has 0 N–H and O–H groups in total. The average Bonchev–Trinajstić information content (AvgIpc) is 2.26. The van der Waals surface area contributed by atoms with Gasteiger partial charge in [-0.25, -0.2) is 9.97 Å². The Kier molecular flexibility index (Phi) is 4.73. The highest BCUT2D eigenvalue weighted by Gasteiger charge is 2.13. The van der Waals surface area contributed by atoms with Crippen LogP contribution >= 0.6 is 22.6 Å². The zero-order valence-electron chi connectivity index (χ0n) is 8.61. The minimum atomic E-state index is -0.272. The molecular weight excluding hydrogens is 309 g/mol. The highest BCUT2D eigenvalue weighted by atomic mass is 127. The fraction of sp³-hybridized carbons (Fsp3) is 0.444. The number of hydrogen-bond donors (Lipinski definition) is 0. The predicted octanol–water partition coefficient (Wildman–Crippen LogP) is 1.08. The average molecular weight is 321 g/mol. The number of aromatic nitrogens is 2. The predicted molar refractivity (Wildman–Crippen MR) is 64.7 cm³/mol. The van der Waals surface area contributed by atoms with E-state index in [0.29, 0.717) is 6.54 Å². The van der Waals surface area contributed by atoms with Crippen LogP contribution in [0.15, 0.2) is 12.5 Å². The number of carbonyl (C=O) groups excluding carboxylic acids is 1. The summed E-state index contributed by atoms with van der Waals surface area (Å²) in [5, 5.41) is 0. The molecule has 0 saturated carbocycles. The normalized spacial score (nSPS) is 9.80. The van der Waals surface area contributed by atoms with Crippen LogP contribution < -0.4 is 4.90 Å². The Labute approximate surface area is 102 Å². The van der Waals surface area contributed by atoms with E-state index in [-0.39, 0.29) is 12.5 Å². The van der Waals surface area contributed by atoms with E-state index < -0.39 is 0 Å². The lowest BCUT2D eigenvalue weighted by Gasteiger charge is -2.20. The molecule has 0 unspecified atom stereocenters. The molecule has 0 amide bonds. The Bertz CT molecular complexity index is 346. The van der Waals surface area contributed by atoms with E-state index in [2.05, 4.69) is 37.3 Å². The Morgan fingerprint density at radius 3 is 2.93 bits per heavy atom. The monoisotopic (exact) mass is 321 g/mol. The summed E-state index contributed by atoms with van der Waals surface area (Å²) in [7, 11) is 1.38. The molecule has 5 nitrogen and oxygen atoms in total. The van der Waals surface area contributed by atoms with Crippen LogP contribution in [0.4, 0.5) is 5.82 Å². The van der Waals surface area contributed by atoms with Gasteiger partial charge in [0.1, 0.15) is 18.7 Å². The Balaban J connectivity index is 2.83. The lowest BCUT2D eigenvalue weighted by atomic mass is 10.4. The summed E-state index contributed by atoms with van der Waals surface area (Å²) in [6, 6.07) is 0. The van der Waals surface area contributed by atoms with Crippen molar-refractivity contribution in [2.24, 2.45) is 0 Å². The van der Waals surface area contributed by atoms with Gasteiger partial charge in [-0.2, -0.15) is 0 Å². The molecule has 1 aromatic heterocycles. The van der Waals surface area contributed by atoms with Gasteiger partial charge in [0.05, 0.1) is 10.7 Å². The molecule has 0 aliphatic rings. The maximum atomic E-state index is 11.2. The van der Waals surface area contributed by atoms with E-state index in [1.807, 2.05) is 11.8 Å². The lowest BCUT2D eigenvalue weighted by molar-refractivity contribution is -0.138. The van der Waals surface area contributed by atoms with Gasteiger partial charge in [0.25, 0.3) is 0 Å². The molecule has 1 aromatic rings. The van der Waals surface area contributed by atoms with Crippen molar-refractivity contribution < 1.29 is 9.53 Å². The van der Waals surface area contributed by atoms with E-state index in [1.165, 1.54) is 13.4 Å². The van der Waals surface area contributed by atoms with Crippen LogP contribution in [0, 0.1) is 3.57 Å². The van der Waals surface area contributed by atoms with Crippen molar-refractivity contribution in [1.29, 1.82) is 0 Å². The van der Waals surface area contributed by atoms with E-state index in [1.54, 1.807) is 6.20 Å². The highest BCUT2D eigenvalue weighted by Crippen LogP contribution is 2.17. The van der Waals surface area contributed by atoms with E-state index in [9.17, 15) is 4.79 Å². The van der Waals surface area contributed by atoms with Gasteiger partial charge in [-0.15, -0.1) is 0 Å². The number of halogens is 1. The Morgan fingerprint density at radius 1 is 1.67 bits per heavy atom. The smallest absolute Gasteiger partial charge is 0.325 e. The third-order valence-electron chi connectivity index (χ3n) is 1.88. The van der Waals surface area contributed by atoms with Crippen molar-refractivity contribution >= 4 is 34.4 Å². The Hall–Kier alpha value is -0.920. The number of rotatable bonds is 4. The first kappa shape index (κ1) is 12.2. The molecule has 0 aliphatic carbocycles. The minimum absolute atomic E-state index is 0.208. The first-order chi connectivity index (χ1) is 7.19. The summed E-state index contributed by atoms with van der Waals surface area (Å²) in [4.78, 5) is 21.0. The number of hydrogen-bond acceptors (Lipinski definition) is 5. The number of likely N-dealkylation sites (N-methyl/N-ethyl adjacent to an activating group) is 1. The Morgan fingerprint density at radius 2 is 2.40 bits per heavy atom. The largest absolute Gasteiger partial charge is 0.468 e. The topological polar surface area (TPSA) is 55.3 Å². The van der Waals surface area contributed by atoms with E-state index in [0.717, 1.165) is 9.39 Å². The molecule has 15 heavy (non-hydrogen) atoms. The zero-order chi connectivity index (χ0) is 11.3. The van der Waals surface area contributed by atoms with Crippen LogP contribution in [0.2, 0.25) is 0 Å². The van der Waals surface area contributed by atoms with Crippen molar-refractivity contribution in [2.75, 3.05) is 25.1 Å². The number of nitrogens with zero attached hydrogens (tertiary/aromatic N) is 3. The van der Waals surface area contributed by atoms with Gasteiger partial charge in [0.15, 0.2) is 0 Å². The molecule has 0 fully saturated rings. The van der Waals surface area contributed by atoms with Crippen molar-refractivity contribution in [3.8, 4) is 0 Å². The first-order valence-electron chi connectivity index (χ1n) is 4.46. The number of esters is 1. The van der Waals surface area contributed by atoms with E-state index in [4.69, 9.17) is 0 Å². The molecule has 1 rings (SSSR count). The number of methoxy groups -OCH3 is 1. The summed E-state index contributed by atoms with van der Waals surface area (Å²) in [5.74, 6) is 0.491. The molecule has 0 bridgehead atoms. The van der Waals surface area contributed by atoms with Crippen LogP contribution in [0.1, 0.15) is 6.92 Å². The maximum absolute atomic E-state index is 11.2. The fourth-order valence-corrected chi connectivity index (χ4v) is 1.74. The molecule has 1 heterocycles. The summed E-state index contributed by atoms with van der Waals surface area (Å²) in [6.07, 6.45) is 3.18. The molecular formula is C9H12IN3O2. The van der Waals surface area contributed by atoms with Gasteiger partial charge >= 0.3 is 5.97 Å². The highest BCUT2D eigenvalue weighted by molar-refractivity contribution is 14.1. The first-order valence-corrected chi connectivity index (χ1v) is 5.54. The standard InChI is InChI=1S/C9H12IN3O2/c1-3-13(5-8(14)15-2)9-7(10)4-11-6-12-9/h4,6H,3,5H2,1-2H3.